The maximum absolute atomic E-state index is 11.9. The Kier molecular flexibility index (Phi) is 4.51. The lowest BCUT2D eigenvalue weighted by Crippen LogP contribution is -2.18. The second kappa shape index (κ2) is 5.44. The third-order valence-corrected chi connectivity index (χ3v) is 3.94. The zero-order valence-electron chi connectivity index (χ0n) is 7.68. The van der Waals surface area contributed by atoms with E-state index in [-0.39, 0.29) is 17.7 Å². The lowest BCUT2D eigenvalue weighted by Gasteiger charge is -2.07. The Balaban J connectivity index is 0.000000980. The first-order chi connectivity index (χ1) is 6.38. The summed E-state index contributed by atoms with van der Waals surface area (Å²) in [5.74, 6) is 0. The number of aromatic nitrogens is 1. The molecule has 78 valence electrons. The zero-order chi connectivity index (χ0) is 9.10. The SMILES string of the molecule is Cl.O=S(c1ccncc1)C1CCNC1. The van der Waals surface area contributed by atoms with Gasteiger partial charge in [-0.15, -0.1) is 12.4 Å². The summed E-state index contributed by atoms with van der Waals surface area (Å²) >= 11 is 0. The van der Waals surface area contributed by atoms with Crippen LogP contribution in [0, 0.1) is 0 Å². The van der Waals surface area contributed by atoms with Crippen LogP contribution in [0.2, 0.25) is 0 Å². The lowest BCUT2D eigenvalue weighted by molar-refractivity contribution is 0.672. The van der Waals surface area contributed by atoms with Crippen LogP contribution in [0.1, 0.15) is 6.42 Å². The van der Waals surface area contributed by atoms with Crippen LogP contribution in [0.4, 0.5) is 0 Å². The van der Waals surface area contributed by atoms with Crippen LogP contribution in [0.25, 0.3) is 0 Å². The van der Waals surface area contributed by atoms with E-state index in [9.17, 15) is 4.21 Å². The molecule has 3 nitrogen and oxygen atoms in total. The summed E-state index contributed by atoms with van der Waals surface area (Å²) in [7, 11) is -0.861. The molecule has 0 aromatic carbocycles. The Labute approximate surface area is 92.2 Å². The van der Waals surface area contributed by atoms with Crippen molar-refractivity contribution in [1.82, 2.24) is 10.3 Å². The first kappa shape index (κ1) is 11.6. The zero-order valence-corrected chi connectivity index (χ0v) is 9.31. The first-order valence-corrected chi connectivity index (χ1v) is 5.60. The molecule has 5 heteroatoms. The third-order valence-electron chi connectivity index (χ3n) is 2.20. The van der Waals surface area contributed by atoms with Crippen LogP contribution in [0.3, 0.4) is 0 Å². The molecule has 2 atom stereocenters. The average Bonchev–Trinajstić information content (AvgIpc) is 2.71. The Morgan fingerprint density at radius 3 is 2.71 bits per heavy atom. The van der Waals surface area contributed by atoms with E-state index in [0.717, 1.165) is 24.4 Å². The quantitative estimate of drug-likeness (QED) is 0.827. The van der Waals surface area contributed by atoms with Crippen molar-refractivity contribution in [2.75, 3.05) is 13.1 Å². The first-order valence-electron chi connectivity index (χ1n) is 4.39. The van der Waals surface area contributed by atoms with Gasteiger partial charge in [-0.1, -0.05) is 0 Å². The number of rotatable bonds is 2. The highest BCUT2D eigenvalue weighted by molar-refractivity contribution is 7.85. The van der Waals surface area contributed by atoms with Crippen molar-refractivity contribution in [3.8, 4) is 0 Å². The maximum Gasteiger partial charge on any atom is 0.0575 e. The highest BCUT2D eigenvalue weighted by atomic mass is 35.5. The summed E-state index contributed by atoms with van der Waals surface area (Å²) < 4.78 is 11.9. The molecule has 1 aromatic rings. The third kappa shape index (κ3) is 2.53. The molecule has 0 amide bonds. The van der Waals surface area contributed by atoms with Crippen molar-refractivity contribution in [3.63, 3.8) is 0 Å². The summed E-state index contributed by atoms with van der Waals surface area (Å²) in [5.41, 5.74) is 0. The molecule has 2 rings (SSSR count). The van der Waals surface area contributed by atoms with Crippen molar-refractivity contribution in [2.45, 2.75) is 16.6 Å². The fraction of sp³-hybridized carbons (Fsp3) is 0.444. The molecule has 14 heavy (non-hydrogen) atoms. The number of nitrogens with one attached hydrogen (secondary N) is 1. The fourth-order valence-electron chi connectivity index (χ4n) is 1.48. The minimum Gasteiger partial charge on any atom is -0.315 e. The van der Waals surface area contributed by atoms with Crippen LogP contribution >= 0.6 is 12.4 Å². The summed E-state index contributed by atoms with van der Waals surface area (Å²) in [5, 5.41) is 3.49. The number of nitrogens with zero attached hydrogens (tertiary/aromatic N) is 1. The van der Waals surface area contributed by atoms with Crippen molar-refractivity contribution >= 4 is 23.2 Å². The van der Waals surface area contributed by atoms with Gasteiger partial charge in [-0.3, -0.25) is 9.19 Å². The highest BCUT2D eigenvalue weighted by Crippen LogP contribution is 2.14. The van der Waals surface area contributed by atoms with Crippen molar-refractivity contribution < 1.29 is 4.21 Å². The molecule has 2 heterocycles. The van der Waals surface area contributed by atoms with Gasteiger partial charge in [-0.05, 0) is 25.1 Å². The predicted octanol–water partition coefficient (Wildman–Crippen LogP) is 0.973. The molecule has 0 saturated carbocycles. The van der Waals surface area contributed by atoms with Crippen LogP contribution in [0.5, 0.6) is 0 Å². The minimum atomic E-state index is -0.861. The van der Waals surface area contributed by atoms with E-state index >= 15 is 0 Å². The average molecular weight is 233 g/mol. The number of hydrogen-bond donors (Lipinski definition) is 1. The summed E-state index contributed by atoms with van der Waals surface area (Å²) in [4.78, 5) is 4.80. The Morgan fingerprint density at radius 1 is 1.43 bits per heavy atom. The number of halogens is 1. The molecule has 1 aromatic heterocycles. The molecule has 1 N–H and O–H groups in total. The summed E-state index contributed by atoms with van der Waals surface area (Å²) in [6.07, 6.45) is 4.39. The van der Waals surface area contributed by atoms with Gasteiger partial charge < -0.3 is 5.32 Å². The topological polar surface area (TPSA) is 42.0 Å². The molecule has 1 aliphatic heterocycles. The van der Waals surface area contributed by atoms with E-state index in [1.54, 1.807) is 12.4 Å². The van der Waals surface area contributed by atoms with Crippen LogP contribution in [-0.2, 0) is 10.8 Å². The van der Waals surface area contributed by atoms with Gasteiger partial charge >= 0.3 is 0 Å². The van der Waals surface area contributed by atoms with E-state index < -0.39 is 10.8 Å². The molecule has 1 saturated heterocycles. The minimum absolute atomic E-state index is 0. The summed E-state index contributed by atoms with van der Waals surface area (Å²) in [6.45, 7) is 1.86. The highest BCUT2D eigenvalue weighted by Gasteiger charge is 2.21. The molecular formula is C9H13ClN2OS. The van der Waals surface area contributed by atoms with E-state index in [2.05, 4.69) is 10.3 Å². The van der Waals surface area contributed by atoms with Gasteiger partial charge in [-0.25, -0.2) is 0 Å². The van der Waals surface area contributed by atoms with E-state index in [0.29, 0.717) is 0 Å². The Hall–Kier alpha value is -0.450. The molecule has 0 bridgehead atoms. The Morgan fingerprint density at radius 2 is 2.14 bits per heavy atom. The predicted molar refractivity (Wildman–Crippen MR) is 59.2 cm³/mol. The molecule has 0 aliphatic carbocycles. The van der Waals surface area contributed by atoms with E-state index in [1.165, 1.54) is 0 Å². The van der Waals surface area contributed by atoms with E-state index in [1.807, 2.05) is 12.1 Å². The lowest BCUT2D eigenvalue weighted by atomic mass is 10.4. The second-order valence-corrected chi connectivity index (χ2v) is 4.83. The van der Waals surface area contributed by atoms with E-state index in [4.69, 9.17) is 0 Å². The van der Waals surface area contributed by atoms with Gasteiger partial charge in [0.25, 0.3) is 0 Å². The second-order valence-electron chi connectivity index (χ2n) is 3.10. The van der Waals surface area contributed by atoms with Crippen LogP contribution in [0.15, 0.2) is 29.4 Å². The number of pyridine rings is 1. The monoisotopic (exact) mass is 232 g/mol. The van der Waals surface area contributed by atoms with Gasteiger partial charge in [0.2, 0.25) is 0 Å². The smallest absolute Gasteiger partial charge is 0.0575 e. The summed E-state index contributed by atoms with van der Waals surface area (Å²) in [6, 6.07) is 3.66. The molecule has 0 radical (unpaired) electrons. The molecule has 0 spiro atoms. The molecule has 1 aliphatic rings. The van der Waals surface area contributed by atoms with Gasteiger partial charge in [0.15, 0.2) is 0 Å². The Bertz CT molecular complexity index is 301. The normalized spacial score (nSPS) is 22.7. The van der Waals surface area contributed by atoms with Gasteiger partial charge in [0.05, 0.1) is 16.0 Å². The van der Waals surface area contributed by atoms with Crippen molar-refractivity contribution in [3.05, 3.63) is 24.5 Å². The largest absolute Gasteiger partial charge is 0.315 e. The van der Waals surface area contributed by atoms with Crippen LogP contribution in [-0.4, -0.2) is 27.5 Å². The van der Waals surface area contributed by atoms with Gasteiger partial charge in [0, 0.05) is 23.8 Å². The fourth-order valence-corrected chi connectivity index (χ4v) is 2.85. The molecule has 1 fully saturated rings. The van der Waals surface area contributed by atoms with Crippen LogP contribution < -0.4 is 5.32 Å². The van der Waals surface area contributed by atoms with Gasteiger partial charge in [-0.2, -0.15) is 0 Å². The van der Waals surface area contributed by atoms with Crippen molar-refractivity contribution in [2.24, 2.45) is 0 Å². The van der Waals surface area contributed by atoms with Crippen molar-refractivity contribution in [1.29, 1.82) is 0 Å². The van der Waals surface area contributed by atoms with Gasteiger partial charge in [0.1, 0.15) is 0 Å². The number of hydrogen-bond acceptors (Lipinski definition) is 3. The molecular weight excluding hydrogens is 220 g/mol. The maximum atomic E-state index is 11.9. The standard InChI is InChI=1S/C9H12N2OS.ClH/c12-13(9-3-6-11-7-9)8-1-4-10-5-2-8;/h1-2,4-5,9,11H,3,6-7H2;1H. The molecule has 2 unspecified atom stereocenters.